The smallest absolute Gasteiger partial charge is 0.266 e. The first-order valence-corrected chi connectivity index (χ1v) is 10.8. The first-order valence-electron chi connectivity index (χ1n) is 8.29. The number of nitrogens with zero attached hydrogens (tertiary/aromatic N) is 2. The van der Waals surface area contributed by atoms with Crippen LogP contribution in [0.1, 0.15) is 27.0 Å². The van der Waals surface area contributed by atoms with Crippen LogP contribution < -0.4 is 0 Å². The molecule has 0 N–H and O–H groups in total. The number of hydrogen-bond donors (Lipinski definition) is 0. The number of thiophene rings is 1. The Kier molecular flexibility index (Phi) is 5.22. The lowest BCUT2D eigenvalue weighted by Gasteiger charge is -2.33. The molecule has 1 aliphatic rings. The van der Waals surface area contributed by atoms with Crippen molar-refractivity contribution in [2.75, 3.05) is 19.7 Å². The fourth-order valence-corrected chi connectivity index (χ4v) is 5.05. The molecule has 2 aromatic heterocycles. The van der Waals surface area contributed by atoms with Crippen molar-refractivity contribution in [3.8, 4) is 9.88 Å². The molecule has 0 saturated carbocycles. The fraction of sp³-hybridized carbons (Fsp3) is 0.263. The fourth-order valence-electron chi connectivity index (χ4n) is 2.96. The minimum atomic E-state index is -0.0919. The molecule has 26 heavy (non-hydrogen) atoms. The van der Waals surface area contributed by atoms with Crippen molar-refractivity contribution in [1.82, 2.24) is 9.88 Å². The summed E-state index contributed by atoms with van der Waals surface area (Å²) in [6.07, 6.45) is -0.0919. The van der Waals surface area contributed by atoms with Gasteiger partial charge in [-0.2, -0.15) is 0 Å². The molecule has 1 saturated heterocycles. The molecule has 7 heteroatoms. The minimum Gasteiger partial charge on any atom is -0.370 e. The van der Waals surface area contributed by atoms with Crippen LogP contribution in [0.15, 0.2) is 46.3 Å². The zero-order chi connectivity index (χ0) is 18.1. The summed E-state index contributed by atoms with van der Waals surface area (Å²) in [7, 11) is 0. The van der Waals surface area contributed by atoms with E-state index < -0.39 is 0 Å². The summed E-state index contributed by atoms with van der Waals surface area (Å²) in [6.45, 7) is 3.62. The highest BCUT2D eigenvalue weighted by Crippen LogP contribution is 2.32. The molecule has 0 bridgehead atoms. The molecule has 1 aromatic carbocycles. The van der Waals surface area contributed by atoms with Gasteiger partial charge in [0.05, 0.1) is 23.7 Å². The molecule has 134 valence electrons. The largest absolute Gasteiger partial charge is 0.370 e. The van der Waals surface area contributed by atoms with Crippen molar-refractivity contribution >= 4 is 44.5 Å². The lowest BCUT2D eigenvalue weighted by molar-refractivity contribution is -0.0227. The number of carbonyl (C=O) groups is 1. The van der Waals surface area contributed by atoms with Gasteiger partial charge in [0, 0.05) is 11.0 Å². The zero-order valence-electron chi connectivity index (χ0n) is 14.1. The van der Waals surface area contributed by atoms with Gasteiger partial charge in [-0.15, -0.1) is 22.7 Å². The first kappa shape index (κ1) is 17.9. The van der Waals surface area contributed by atoms with Gasteiger partial charge in [0.2, 0.25) is 0 Å². The van der Waals surface area contributed by atoms with Gasteiger partial charge in [-0.25, -0.2) is 4.98 Å². The van der Waals surface area contributed by atoms with Gasteiger partial charge in [0.1, 0.15) is 16.0 Å². The molecule has 0 spiro atoms. The van der Waals surface area contributed by atoms with Crippen molar-refractivity contribution in [3.63, 3.8) is 0 Å². The van der Waals surface area contributed by atoms with Crippen LogP contribution >= 0.6 is 38.6 Å². The highest BCUT2D eigenvalue weighted by atomic mass is 79.9. The Labute approximate surface area is 168 Å². The third-order valence-electron chi connectivity index (χ3n) is 4.32. The van der Waals surface area contributed by atoms with E-state index in [2.05, 4.69) is 20.9 Å². The predicted octanol–water partition coefficient (Wildman–Crippen LogP) is 5.16. The van der Waals surface area contributed by atoms with Gasteiger partial charge in [0.15, 0.2) is 0 Å². The highest BCUT2D eigenvalue weighted by molar-refractivity contribution is 9.10. The lowest BCUT2D eigenvalue weighted by Crippen LogP contribution is -2.42. The number of rotatable bonds is 3. The standard InChI is InChI=1S/C19H17BrN2O2S2/c1-12-17(26-18(21-12)16-3-2-10-25-16)19(23)22-8-9-24-15(11-22)13-4-6-14(20)7-5-13/h2-7,10,15H,8-9,11H2,1H3. The number of aromatic nitrogens is 1. The van der Waals surface area contributed by atoms with Crippen LogP contribution in [0.25, 0.3) is 9.88 Å². The Morgan fingerprint density at radius 3 is 2.85 bits per heavy atom. The van der Waals surface area contributed by atoms with Gasteiger partial charge in [-0.3, -0.25) is 4.79 Å². The molecule has 3 heterocycles. The number of ether oxygens (including phenoxy) is 1. The van der Waals surface area contributed by atoms with Crippen molar-refractivity contribution < 1.29 is 9.53 Å². The molecule has 1 unspecified atom stereocenters. The van der Waals surface area contributed by atoms with E-state index in [-0.39, 0.29) is 12.0 Å². The maximum atomic E-state index is 13.1. The quantitative estimate of drug-likeness (QED) is 0.555. The Hall–Kier alpha value is -1.54. The number of benzene rings is 1. The topological polar surface area (TPSA) is 42.4 Å². The Morgan fingerprint density at radius 1 is 1.31 bits per heavy atom. The molecule has 4 nitrogen and oxygen atoms in total. The van der Waals surface area contributed by atoms with Crippen LogP contribution in [0.2, 0.25) is 0 Å². The van der Waals surface area contributed by atoms with Crippen LogP contribution in [-0.4, -0.2) is 35.5 Å². The SMILES string of the molecule is Cc1nc(-c2cccs2)sc1C(=O)N1CCOC(c2ccc(Br)cc2)C1. The Balaban J connectivity index is 1.53. The monoisotopic (exact) mass is 448 g/mol. The predicted molar refractivity (Wildman–Crippen MR) is 109 cm³/mol. The van der Waals surface area contributed by atoms with Crippen LogP contribution in [0.5, 0.6) is 0 Å². The number of morpholine rings is 1. The van der Waals surface area contributed by atoms with E-state index in [4.69, 9.17) is 4.74 Å². The van der Waals surface area contributed by atoms with E-state index in [0.29, 0.717) is 19.7 Å². The molecule has 4 rings (SSSR count). The summed E-state index contributed by atoms with van der Waals surface area (Å²) in [6, 6.07) is 12.1. The van der Waals surface area contributed by atoms with E-state index >= 15 is 0 Å². The van der Waals surface area contributed by atoms with E-state index in [9.17, 15) is 4.79 Å². The van der Waals surface area contributed by atoms with Gasteiger partial charge in [0.25, 0.3) is 5.91 Å². The lowest BCUT2D eigenvalue weighted by atomic mass is 10.1. The molecular formula is C19H17BrN2O2S2. The second kappa shape index (κ2) is 7.60. The second-order valence-electron chi connectivity index (χ2n) is 6.07. The van der Waals surface area contributed by atoms with Gasteiger partial charge >= 0.3 is 0 Å². The summed E-state index contributed by atoms with van der Waals surface area (Å²) in [5.41, 5.74) is 1.89. The number of amides is 1. The van der Waals surface area contributed by atoms with Crippen molar-refractivity contribution in [3.05, 3.63) is 62.4 Å². The van der Waals surface area contributed by atoms with Gasteiger partial charge in [-0.1, -0.05) is 34.1 Å². The van der Waals surface area contributed by atoms with Crippen LogP contribution in [0, 0.1) is 6.92 Å². The van der Waals surface area contributed by atoms with E-state index in [0.717, 1.165) is 30.5 Å². The molecule has 1 atom stereocenters. The van der Waals surface area contributed by atoms with Crippen LogP contribution in [-0.2, 0) is 4.74 Å². The number of carbonyl (C=O) groups excluding carboxylic acids is 1. The summed E-state index contributed by atoms with van der Waals surface area (Å²) in [5, 5.41) is 2.94. The third kappa shape index (κ3) is 3.62. The number of thiazole rings is 1. The number of aryl methyl sites for hydroxylation is 1. The number of hydrogen-bond acceptors (Lipinski definition) is 5. The number of halogens is 1. The molecule has 1 aliphatic heterocycles. The molecule has 0 aliphatic carbocycles. The molecule has 1 fully saturated rings. The van der Waals surface area contributed by atoms with Crippen molar-refractivity contribution in [2.24, 2.45) is 0 Å². The maximum absolute atomic E-state index is 13.1. The summed E-state index contributed by atoms with van der Waals surface area (Å²) in [5.74, 6) is 0.0493. The van der Waals surface area contributed by atoms with Crippen LogP contribution in [0.3, 0.4) is 0 Å². The Bertz CT molecular complexity index is 906. The third-order valence-corrected chi connectivity index (χ3v) is 7.03. The maximum Gasteiger partial charge on any atom is 0.266 e. The van der Waals surface area contributed by atoms with Gasteiger partial charge in [-0.05, 0) is 36.1 Å². The van der Waals surface area contributed by atoms with E-state index in [1.165, 1.54) is 11.3 Å². The van der Waals surface area contributed by atoms with Gasteiger partial charge < -0.3 is 9.64 Å². The minimum absolute atomic E-state index is 0.0493. The van der Waals surface area contributed by atoms with E-state index in [1.54, 1.807) is 11.3 Å². The summed E-state index contributed by atoms with van der Waals surface area (Å²) in [4.78, 5) is 21.4. The average Bonchev–Trinajstić information content (AvgIpc) is 3.31. The van der Waals surface area contributed by atoms with Crippen LogP contribution in [0.4, 0.5) is 0 Å². The molecule has 1 amide bonds. The van der Waals surface area contributed by atoms with Crippen molar-refractivity contribution in [1.29, 1.82) is 0 Å². The average molecular weight is 449 g/mol. The van der Waals surface area contributed by atoms with Crippen molar-refractivity contribution in [2.45, 2.75) is 13.0 Å². The normalized spacial score (nSPS) is 17.5. The first-order chi connectivity index (χ1) is 12.6. The Morgan fingerprint density at radius 2 is 2.12 bits per heavy atom. The molecular weight excluding hydrogens is 432 g/mol. The zero-order valence-corrected chi connectivity index (χ0v) is 17.4. The summed E-state index contributed by atoms with van der Waals surface area (Å²) < 4.78 is 6.93. The van der Waals surface area contributed by atoms with E-state index in [1.807, 2.05) is 53.6 Å². The summed E-state index contributed by atoms with van der Waals surface area (Å²) >= 11 is 6.57. The highest BCUT2D eigenvalue weighted by Gasteiger charge is 2.28. The molecule has 0 radical (unpaired) electrons. The molecule has 3 aromatic rings. The second-order valence-corrected chi connectivity index (χ2v) is 8.94.